The topological polar surface area (TPSA) is 86.7 Å². The van der Waals surface area contributed by atoms with E-state index in [0.29, 0.717) is 17.1 Å². The van der Waals surface area contributed by atoms with Gasteiger partial charge in [0.15, 0.2) is 5.82 Å². The number of nitrogens with zero attached hydrogens (tertiary/aromatic N) is 5. The van der Waals surface area contributed by atoms with E-state index in [-0.39, 0.29) is 5.69 Å². The summed E-state index contributed by atoms with van der Waals surface area (Å²) in [7, 11) is 0. The van der Waals surface area contributed by atoms with Crippen molar-refractivity contribution in [1.29, 1.82) is 0 Å². The zero-order valence-corrected chi connectivity index (χ0v) is 8.78. The third kappa shape index (κ3) is 1.62. The third-order valence-corrected chi connectivity index (χ3v) is 2.16. The number of hydrogen-bond donors (Lipinski definition) is 0. The van der Waals surface area contributed by atoms with Gasteiger partial charge in [-0.1, -0.05) is 0 Å². The maximum Gasteiger partial charge on any atom is 0.290 e. The van der Waals surface area contributed by atoms with E-state index in [1.807, 2.05) is 0 Å². The van der Waals surface area contributed by atoms with E-state index in [1.165, 1.54) is 23.3 Å². The summed E-state index contributed by atoms with van der Waals surface area (Å²) in [6, 6.07) is 1.47. The molecule has 0 radical (unpaired) electrons. The summed E-state index contributed by atoms with van der Waals surface area (Å²) >= 11 is 0. The largest absolute Gasteiger partial charge is 0.290 e. The predicted octanol–water partition coefficient (Wildman–Crippen LogP) is 1.19. The van der Waals surface area contributed by atoms with Gasteiger partial charge in [0.25, 0.3) is 5.69 Å². The minimum absolute atomic E-state index is 0.00778. The zero-order valence-electron chi connectivity index (χ0n) is 8.78. The highest BCUT2D eigenvalue weighted by atomic mass is 16.6. The Morgan fingerprint density at radius 3 is 2.50 bits per heavy atom. The van der Waals surface area contributed by atoms with Gasteiger partial charge in [-0.05, 0) is 13.8 Å². The van der Waals surface area contributed by atoms with Gasteiger partial charge in [-0.2, -0.15) is 10.2 Å². The van der Waals surface area contributed by atoms with Crippen LogP contribution in [0.3, 0.4) is 0 Å². The minimum atomic E-state index is -0.449. The van der Waals surface area contributed by atoms with Gasteiger partial charge >= 0.3 is 0 Å². The Balaban J connectivity index is 2.59. The van der Waals surface area contributed by atoms with Crippen molar-refractivity contribution < 1.29 is 4.92 Å². The molecule has 2 rings (SSSR count). The molecule has 0 unspecified atom stereocenters. The summed E-state index contributed by atoms with van der Waals surface area (Å²) in [5.74, 6) is 0.508. The smallest absolute Gasteiger partial charge is 0.258 e. The standard InChI is InChI=1S/C9H9N5O2/c1-6-5-8(14(15)16)7(2)12-9(6)13-10-3-4-11-13/h3-5H,1-2H3. The van der Waals surface area contributed by atoms with Gasteiger partial charge in [0.2, 0.25) is 0 Å². The van der Waals surface area contributed by atoms with Crippen LogP contribution in [0.15, 0.2) is 18.5 Å². The molecule has 82 valence electrons. The maximum absolute atomic E-state index is 10.7. The molecule has 2 heterocycles. The van der Waals surface area contributed by atoms with Crippen LogP contribution >= 0.6 is 0 Å². The molecule has 0 aromatic carbocycles. The van der Waals surface area contributed by atoms with Gasteiger partial charge in [-0.25, -0.2) is 4.98 Å². The molecule has 0 N–H and O–H groups in total. The van der Waals surface area contributed by atoms with Crippen molar-refractivity contribution >= 4 is 5.69 Å². The second-order valence-electron chi connectivity index (χ2n) is 3.31. The number of hydrogen-bond acceptors (Lipinski definition) is 5. The van der Waals surface area contributed by atoms with Crippen molar-refractivity contribution in [2.75, 3.05) is 0 Å². The van der Waals surface area contributed by atoms with Crippen molar-refractivity contribution in [1.82, 2.24) is 20.0 Å². The molecule has 0 fully saturated rings. The maximum atomic E-state index is 10.7. The molecule has 7 nitrogen and oxygen atoms in total. The van der Waals surface area contributed by atoms with Crippen LogP contribution < -0.4 is 0 Å². The van der Waals surface area contributed by atoms with Crippen LogP contribution in [-0.2, 0) is 0 Å². The molecule has 16 heavy (non-hydrogen) atoms. The van der Waals surface area contributed by atoms with Gasteiger partial charge in [-0.3, -0.25) is 10.1 Å². The van der Waals surface area contributed by atoms with Crippen LogP contribution in [0, 0.1) is 24.0 Å². The van der Waals surface area contributed by atoms with Crippen LogP contribution in [0.2, 0.25) is 0 Å². The Kier molecular flexibility index (Phi) is 2.35. The number of aromatic nitrogens is 4. The molecule has 0 bridgehead atoms. The summed E-state index contributed by atoms with van der Waals surface area (Å²) in [6.45, 7) is 3.32. The lowest BCUT2D eigenvalue weighted by Gasteiger charge is -2.04. The van der Waals surface area contributed by atoms with Crippen molar-refractivity contribution in [2.24, 2.45) is 0 Å². The molecule has 0 amide bonds. The third-order valence-electron chi connectivity index (χ3n) is 2.16. The van der Waals surface area contributed by atoms with Crippen LogP contribution in [0.5, 0.6) is 0 Å². The fraction of sp³-hybridized carbons (Fsp3) is 0.222. The normalized spacial score (nSPS) is 10.4. The second kappa shape index (κ2) is 3.69. The molecule has 0 atom stereocenters. The molecular formula is C9H9N5O2. The number of rotatable bonds is 2. The Morgan fingerprint density at radius 1 is 1.31 bits per heavy atom. The van der Waals surface area contributed by atoms with Crippen molar-refractivity contribution in [2.45, 2.75) is 13.8 Å². The number of pyridine rings is 1. The number of nitro groups is 1. The molecule has 0 spiro atoms. The van der Waals surface area contributed by atoms with Crippen LogP contribution in [0.25, 0.3) is 5.82 Å². The van der Waals surface area contributed by atoms with Crippen molar-refractivity contribution in [3.8, 4) is 5.82 Å². The monoisotopic (exact) mass is 219 g/mol. The van der Waals surface area contributed by atoms with E-state index in [0.717, 1.165) is 0 Å². The summed E-state index contributed by atoms with van der Waals surface area (Å²) in [5, 5.41) is 18.6. The Morgan fingerprint density at radius 2 is 1.94 bits per heavy atom. The van der Waals surface area contributed by atoms with E-state index in [9.17, 15) is 10.1 Å². The molecule has 0 aliphatic carbocycles. The first-order valence-corrected chi connectivity index (χ1v) is 4.59. The SMILES string of the molecule is Cc1cc([N+](=O)[O-])c(C)nc1-n1nccn1. The summed E-state index contributed by atoms with van der Waals surface area (Å²) in [4.78, 5) is 15.7. The summed E-state index contributed by atoms with van der Waals surface area (Å²) in [5.41, 5.74) is 1.02. The highest BCUT2D eigenvalue weighted by molar-refractivity contribution is 5.44. The first-order chi connectivity index (χ1) is 7.59. The van der Waals surface area contributed by atoms with Gasteiger partial charge in [0.1, 0.15) is 5.69 Å². The molecular weight excluding hydrogens is 210 g/mol. The van der Waals surface area contributed by atoms with Gasteiger partial charge < -0.3 is 0 Å². The second-order valence-corrected chi connectivity index (χ2v) is 3.31. The fourth-order valence-corrected chi connectivity index (χ4v) is 1.39. The lowest BCUT2D eigenvalue weighted by Crippen LogP contribution is -2.07. The van der Waals surface area contributed by atoms with E-state index >= 15 is 0 Å². The molecule has 0 aliphatic heterocycles. The highest BCUT2D eigenvalue weighted by Gasteiger charge is 2.16. The summed E-state index contributed by atoms with van der Waals surface area (Å²) < 4.78 is 0. The van der Waals surface area contributed by atoms with E-state index < -0.39 is 4.92 Å². The highest BCUT2D eigenvalue weighted by Crippen LogP contribution is 2.20. The van der Waals surface area contributed by atoms with Gasteiger partial charge in [-0.15, -0.1) is 4.80 Å². The first-order valence-electron chi connectivity index (χ1n) is 4.59. The lowest BCUT2D eigenvalue weighted by atomic mass is 10.2. The van der Waals surface area contributed by atoms with Crippen LogP contribution in [0.4, 0.5) is 5.69 Å². The molecule has 2 aromatic heterocycles. The van der Waals surface area contributed by atoms with Crippen molar-refractivity contribution in [3.05, 3.63) is 39.8 Å². The van der Waals surface area contributed by atoms with Gasteiger partial charge in [0.05, 0.1) is 17.3 Å². The van der Waals surface area contributed by atoms with Crippen LogP contribution in [0.1, 0.15) is 11.3 Å². The average Bonchev–Trinajstić information content (AvgIpc) is 2.73. The Labute approximate surface area is 90.9 Å². The minimum Gasteiger partial charge on any atom is -0.258 e. The van der Waals surface area contributed by atoms with E-state index in [2.05, 4.69) is 15.2 Å². The predicted molar refractivity (Wildman–Crippen MR) is 55.3 cm³/mol. The Bertz CT molecular complexity index is 535. The number of aryl methyl sites for hydroxylation is 2. The lowest BCUT2D eigenvalue weighted by molar-refractivity contribution is -0.385. The molecule has 7 heteroatoms. The van der Waals surface area contributed by atoms with Gasteiger partial charge in [0, 0.05) is 11.6 Å². The van der Waals surface area contributed by atoms with E-state index in [1.54, 1.807) is 13.8 Å². The summed E-state index contributed by atoms with van der Waals surface area (Å²) in [6.07, 6.45) is 3.05. The Hall–Kier alpha value is -2.31. The quantitative estimate of drug-likeness (QED) is 0.559. The molecule has 0 aliphatic rings. The molecule has 0 saturated heterocycles. The van der Waals surface area contributed by atoms with Crippen LogP contribution in [-0.4, -0.2) is 24.9 Å². The average molecular weight is 219 g/mol. The van der Waals surface area contributed by atoms with E-state index in [4.69, 9.17) is 0 Å². The first kappa shape index (κ1) is 10.2. The molecule has 2 aromatic rings. The zero-order chi connectivity index (χ0) is 11.7. The van der Waals surface area contributed by atoms with Crippen molar-refractivity contribution in [3.63, 3.8) is 0 Å². The molecule has 0 saturated carbocycles. The fourth-order valence-electron chi connectivity index (χ4n) is 1.39.